The fraction of sp³-hybridized carbons (Fsp3) is 0.417. The zero-order valence-electron chi connectivity index (χ0n) is 17.1. The first kappa shape index (κ1) is 20.9. The summed E-state index contributed by atoms with van der Waals surface area (Å²) >= 11 is 0. The first-order valence-electron chi connectivity index (χ1n) is 10.4. The van der Waals surface area contributed by atoms with E-state index in [2.05, 4.69) is 5.32 Å². The summed E-state index contributed by atoms with van der Waals surface area (Å²) in [7, 11) is 1.62. The van der Waals surface area contributed by atoms with Crippen LogP contribution in [-0.4, -0.2) is 36.9 Å². The van der Waals surface area contributed by atoms with Gasteiger partial charge in [0.05, 0.1) is 26.0 Å². The second-order valence-corrected chi connectivity index (χ2v) is 7.51. The van der Waals surface area contributed by atoms with Gasteiger partial charge in [0.2, 0.25) is 11.8 Å². The van der Waals surface area contributed by atoms with E-state index < -0.39 is 0 Å². The van der Waals surface area contributed by atoms with Crippen molar-refractivity contribution in [2.24, 2.45) is 0 Å². The number of hydrogen-bond acceptors (Lipinski definition) is 3. The van der Waals surface area contributed by atoms with Gasteiger partial charge in [0.15, 0.2) is 0 Å². The smallest absolute Gasteiger partial charge is 0.227 e. The van der Waals surface area contributed by atoms with Crippen LogP contribution in [0, 0.1) is 0 Å². The van der Waals surface area contributed by atoms with Gasteiger partial charge in [0.1, 0.15) is 5.75 Å². The van der Waals surface area contributed by atoms with Crippen molar-refractivity contribution in [3.63, 3.8) is 0 Å². The second-order valence-electron chi connectivity index (χ2n) is 7.51. The van der Waals surface area contributed by atoms with Crippen molar-refractivity contribution in [3.05, 3.63) is 65.7 Å². The number of rotatable bonds is 4. The number of nitrogens with one attached hydrogen (secondary N) is 1. The SMILES string of the molecule is COc1cccc(CC(=O)N2CCCCCCNC(=O)CC2c2ccccc2)c1. The molecule has 1 fully saturated rings. The van der Waals surface area contributed by atoms with Crippen molar-refractivity contribution in [1.82, 2.24) is 10.2 Å². The lowest BCUT2D eigenvalue weighted by Gasteiger charge is -2.32. The van der Waals surface area contributed by atoms with Crippen molar-refractivity contribution in [3.8, 4) is 5.75 Å². The summed E-state index contributed by atoms with van der Waals surface area (Å²) in [5, 5.41) is 3.01. The number of hydrogen-bond donors (Lipinski definition) is 1. The van der Waals surface area contributed by atoms with Gasteiger partial charge in [0.25, 0.3) is 0 Å². The Balaban J connectivity index is 1.87. The van der Waals surface area contributed by atoms with Crippen LogP contribution < -0.4 is 10.1 Å². The molecule has 1 heterocycles. The van der Waals surface area contributed by atoms with Gasteiger partial charge in [-0.25, -0.2) is 0 Å². The highest BCUT2D eigenvalue weighted by Gasteiger charge is 2.27. The highest BCUT2D eigenvalue weighted by atomic mass is 16.5. The molecule has 2 aromatic carbocycles. The molecular formula is C24H30N2O3. The van der Waals surface area contributed by atoms with Gasteiger partial charge in [-0.1, -0.05) is 55.3 Å². The quantitative estimate of drug-likeness (QED) is 0.856. The third-order valence-corrected chi connectivity index (χ3v) is 5.40. The van der Waals surface area contributed by atoms with E-state index in [1.165, 1.54) is 0 Å². The van der Waals surface area contributed by atoms with Crippen LogP contribution >= 0.6 is 0 Å². The van der Waals surface area contributed by atoms with Crippen LogP contribution in [0.3, 0.4) is 0 Å². The van der Waals surface area contributed by atoms with E-state index in [4.69, 9.17) is 4.74 Å². The van der Waals surface area contributed by atoms with E-state index >= 15 is 0 Å². The number of ether oxygens (including phenoxy) is 1. The molecule has 0 spiro atoms. The molecule has 154 valence electrons. The van der Waals surface area contributed by atoms with E-state index in [1.807, 2.05) is 59.5 Å². The maximum Gasteiger partial charge on any atom is 0.227 e. The minimum Gasteiger partial charge on any atom is -0.497 e. The van der Waals surface area contributed by atoms with E-state index in [-0.39, 0.29) is 24.3 Å². The maximum absolute atomic E-state index is 13.4. The van der Waals surface area contributed by atoms with Crippen LogP contribution in [0.1, 0.15) is 49.3 Å². The minimum absolute atomic E-state index is 0.0000617. The third kappa shape index (κ3) is 6.08. The molecule has 0 radical (unpaired) electrons. The first-order valence-corrected chi connectivity index (χ1v) is 10.4. The summed E-state index contributed by atoms with van der Waals surface area (Å²) in [6, 6.07) is 17.2. The Labute approximate surface area is 173 Å². The molecule has 2 aromatic rings. The number of amides is 2. The Hall–Kier alpha value is -2.82. The molecule has 1 atom stereocenters. The molecule has 5 heteroatoms. The average Bonchev–Trinajstić information content (AvgIpc) is 2.79. The third-order valence-electron chi connectivity index (χ3n) is 5.40. The Morgan fingerprint density at radius 1 is 1.07 bits per heavy atom. The summed E-state index contributed by atoms with van der Waals surface area (Å²) in [5.74, 6) is 0.783. The van der Waals surface area contributed by atoms with Gasteiger partial charge in [-0.15, -0.1) is 0 Å². The Morgan fingerprint density at radius 2 is 1.86 bits per heavy atom. The van der Waals surface area contributed by atoms with Crippen molar-refractivity contribution in [1.29, 1.82) is 0 Å². The van der Waals surface area contributed by atoms with E-state index in [0.717, 1.165) is 42.6 Å². The van der Waals surface area contributed by atoms with Gasteiger partial charge in [-0.2, -0.15) is 0 Å². The molecule has 1 aliphatic heterocycles. The summed E-state index contributed by atoms with van der Waals surface area (Å²) in [6.45, 7) is 1.37. The van der Waals surface area contributed by atoms with Crippen LogP contribution in [-0.2, 0) is 16.0 Å². The molecule has 1 saturated heterocycles. The fourth-order valence-electron chi connectivity index (χ4n) is 3.83. The van der Waals surface area contributed by atoms with E-state index in [1.54, 1.807) is 7.11 Å². The van der Waals surface area contributed by atoms with Crippen LogP contribution in [0.15, 0.2) is 54.6 Å². The number of carbonyl (C=O) groups excluding carboxylic acids is 2. The average molecular weight is 395 g/mol. The number of nitrogens with zero attached hydrogens (tertiary/aromatic N) is 1. The van der Waals surface area contributed by atoms with Gasteiger partial charge in [0, 0.05) is 13.1 Å². The van der Waals surface area contributed by atoms with Crippen LogP contribution in [0.25, 0.3) is 0 Å². The highest BCUT2D eigenvalue weighted by molar-refractivity contribution is 5.81. The Bertz CT molecular complexity index is 807. The predicted octanol–water partition coefficient (Wildman–Crippen LogP) is 3.89. The lowest BCUT2D eigenvalue weighted by Crippen LogP contribution is -2.39. The van der Waals surface area contributed by atoms with Gasteiger partial charge in [-0.3, -0.25) is 9.59 Å². The number of methoxy groups -OCH3 is 1. The molecule has 2 amide bonds. The molecule has 0 aliphatic carbocycles. The van der Waals surface area contributed by atoms with Crippen LogP contribution in [0.2, 0.25) is 0 Å². The predicted molar refractivity (Wildman–Crippen MR) is 114 cm³/mol. The second kappa shape index (κ2) is 10.6. The highest BCUT2D eigenvalue weighted by Crippen LogP contribution is 2.27. The molecule has 29 heavy (non-hydrogen) atoms. The Morgan fingerprint density at radius 3 is 2.66 bits per heavy atom. The first-order chi connectivity index (χ1) is 14.2. The minimum atomic E-state index is -0.257. The van der Waals surface area contributed by atoms with Crippen LogP contribution in [0.5, 0.6) is 5.75 Å². The lowest BCUT2D eigenvalue weighted by molar-refractivity contribution is -0.134. The van der Waals surface area contributed by atoms with Crippen molar-refractivity contribution < 1.29 is 14.3 Å². The standard InChI is InChI=1S/C24H30N2O3/c1-29-21-13-9-10-19(16-21)17-24(28)26-15-8-3-2-7-14-25-23(27)18-22(26)20-11-5-4-6-12-20/h4-6,9-13,16,22H,2-3,7-8,14-15,17-18H2,1H3,(H,25,27). The maximum atomic E-state index is 13.4. The summed E-state index contributed by atoms with van der Waals surface area (Å²) < 4.78 is 5.29. The summed E-state index contributed by atoms with van der Waals surface area (Å²) in [5.41, 5.74) is 1.92. The number of carbonyl (C=O) groups is 2. The molecule has 1 unspecified atom stereocenters. The van der Waals surface area contributed by atoms with Gasteiger partial charge < -0.3 is 15.0 Å². The molecule has 3 rings (SSSR count). The lowest BCUT2D eigenvalue weighted by atomic mass is 9.99. The molecule has 0 aromatic heterocycles. The van der Waals surface area contributed by atoms with Crippen molar-refractivity contribution in [2.45, 2.75) is 44.6 Å². The summed E-state index contributed by atoms with van der Waals surface area (Å²) in [4.78, 5) is 27.8. The van der Waals surface area contributed by atoms with E-state index in [9.17, 15) is 9.59 Å². The molecular weight excluding hydrogens is 364 g/mol. The number of benzene rings is 2. The van der Waals surface area contributed by atoms with Crippen LogP contribution in [0.4, 0.5) is 0 Å². The van der Waals surface area contributed by atoms with Gasteiger partial charge >= 0.3 is 0 Å². The molecule has 0 saturated carbocycles. The van der Waals surface area contributed by atoms with E-state index in [0.29, 0.717) is 19.5 Å². The van der Waals surface area contributed by atoms with Crippen molar-refractivity contribution in [2.75, 3.05) is 20.2 Å². The molecule has 5 nitrogen and oxygen atoms in total. The molecule has 0 bridgehead atoms. The fourth-order valence-corrected chi connectivity index (χ4v) is 3.83. The van der Waals surface area contributed by atoms with Gasteiger partial charge in [-0.05, 0) is 36.1 Å². The molecule has 1 aliphatic rings. The summed E-state index contributed by atoms with van der Waals surface area (Å²) in [6.07, 6.45) is 4.63. The zero-order valence-corrected chi connectivity index (χ0v) is 17.1. The zero-order chi connectivity index (χ0) is 20.5. The molecule has 1 N–H and O–H groups in total. The Kier molecular flexibility index (Phi) is 7.68. The van der Waals surface area contributed by atoms with Crippen molar-refractivity contribution >= 4 is 11.8 Å². The topological polar surface area (TPSA) is 58.6 Å². The monoisotopic (exact) mass is 394 g/mol. The normalized spacial score (nSPS) is 18.4. The largest absolute Gasteiger partial charge is 0.497 e.